The van der Waals surface area contributed by atoms with Crippen molar-refractivity contribution in [2.24, 2.45) is 0 Å². The molecule has 0 bridgehead atoms. The van der Waals surface area contributed by atoms with Gasteiger partial charge in [0.1, 0.15) is 0 Å². The normalized spacial score (nSPS) is 12.4. The first-order valence-electron chi connectivity index (χ1n) is 5.68. The topological polar surface area (TPSA) is 18.5 Å². The number of rotatable bonds is 8. The van der Waals surface area contributed by atoms with E-state index in [2.05, 4.69) is 13.2 Å². The molecule has 0 aromatic carbocycles. The third-order valence-corrected chi connectivity index (χ3v) is 2.74. The minimum absolute atomic E-state index is 0.675. The van der Waals surface area contributed by atoms with Gasteiger partial charge in [0, 0.05) is 6.66 Å². The van der Waals surface area contributed by atoms with Gasteiger partial charge in [0.2, 0.25) is 0 Å². The fourth-order valence-electron chi connectivity index (χ4n) is 0.916. The molecule has 0 saturated carbocycles. The van der Waals surface area contributed by atoms with Crippen molar-refractivity contribution >= 4 is 8.38 Å². The molecule has 0 aliphatic heterocycles. The molecule has 0 rings (SSSR count). The van der Waals surface area contributed by atoms with E-state index in [-0.39, 0.29) is 0 Å². The second-order valence-corrected chi connectivity index (χ2v) is 4.02. The highest BCUT2D eigenvalue weighted by Crippen LogP contribution is 2.33. The van der Waals surface area contributed by atoms with Gasteiger partial charge in [-0.2, -0.15) is 0 Å². The second-order valence-electron chi connectivity index (χ2n) is 2.62. The van der Waals surface area contributed by atoms with Crippen molar-refractivity contribution in [2.75, 3.05) is 19.9 Å². The Morgan fingerprint density at radius 2 is 1.88 bits per heavy atom. The highest BCUT2D eigenvalue weighted by atomic mass is 31.2. The van der Waals surface area contributed by atoms with Gasteiger partial charge < -0.3 is 9.05 Å². The average molecular weight is 244 g/mol. The predicted octanol–water partition coefficient (Wildman–Crippen LogP) is 4.70. The molecule has 16 heavy (non-hydrogen) atoms. The minimum atomic E-state index is -0.713. The summed E-state index contributed by atoms with van der Waals surface area (Å²) in [6.07, 6.45) is 6.38. The summed E-state index contributed by atoms with van der Waals surface area (Å²) in [6.45, 7) is 16.7. The van der Waals surface area contributed by atoms with Gasteiger partial charge in [0.25, 0.3) is 0 Å². The Morgan fingerprint density at radius 3 is 2.31 bits per heavy atom. The highest BCUT2D eigenvalue weighted by molar-refractivity contribution is 7.46. The molecule has 94 valence electrons. The Morgan fingerprint density at radius 1 is 1.25 bits per heavy atom. The van der Waals surface area contributed by atoms with E-state index in [1.807, 2.05) is 39.6 Å². The van der Waals surface area contributed by atoms with E-state index in [0.29, 0.717) is 13.2 Å². The fraction of sp³-hybridized carbons (Fsp3) is 0.538. The van der Waals surface area contributed by atoms with Gasteiger partial charge >= 0.3 is 0 Å². The Bertz CT molecular complexity index is 200. The lowest BCUT2D eigenvalue weighted by molar-refractivity contribution is 0.265. The van der Waals surface area contributed by atoms with Gasteiger partial charge in [-0.1, -0.05) is 45.2 Å². The van der Waals surface area contributed by atoms with Crippen LogP contribution in [0, 0.1) is 0 Å². The van der Waals surface area contributed by atoms with Crippen LogP contribution in [0.1, 0.15) is 27.2 Å². The lowest BCUT2D eigenvalue weighted by Crippen LogP contribution is -1.93. The largest absolute Gasteiger partial charge is 0.335 e. The van der Waals surface area contributed by atoms with Gasteiger partial charge in [-0.3, -0.25) is 0 Å². The number of hydrogen-bond acceptors (Lipinski definition) is 2. The van der Waals surface area contributed by atoms with Gasteiger partial charge in [0.15, 0.2) is 8.38 Å². The summed E-state index contributed by atoms with van der Waals surface area (Å²) >= 11 is 0. The molecule has 0 aromatic heterocycles. The molecule has 2 nitrogen and oxygen atoms in total. The second kappa shape index (κ2) is 14.6. The molecular weight excluding hydrogens is 219 g/mol. The molecule has 0 heterocycles. The van der Waals surface area contributed by atoms with Crippen molar-refractivity contribution in [1.29, 1.82) is 0 Å². The maximum atomic E-state index is 5.48. The van der Waals surface area contributed by atoms with E-state index in [1.165, 1.54) is 0 Å². The smallest absolute Gasteiger partial charge is 0.167 e. The van der Waals surface area contributed by atoms with Crippen LogP contribution in [0.5, 0.6) is 0 Å². The average Bonchev–Trinajstić information content (AvgIpc) is 2.31. The summed E-state index contributed by atoms with van der Waals surface area (Å²) in [4.78, 5) is 0. The Labute approximate surface area is 102 Å². The van der Waals surface area contributed by atoms with Crippen LogP contribution in [-0.2, 0) is 9.05 Å². The molecule has 0 saturated heterocycles. The van der Waals surface area contributed by atoms with Crippen LogP contribution in [-0.4, -0.2) is 19.9 Å². The van der Waals surface area contributed by atoms with Crippen molar-refractivity contribution in [3.63, 3.8) is 0 Å². The van der Waals surface area contributed by atoms with Crippen LogP contribution in [0.15, 0.2) is 37.0 Å². The van der Waals surface area contributed by atoms with Crippen molar-refractivity contribution in [3.8, 4) is 0 Å². The van der Waals surface area contributed by atoms with Gasteiger partial charge in [-0.15, -0.1) is 0 Å². The van der Waals surface area contributed by atoms with E-state index in [9.17, 15) is 0 Å². The zero-order chi connectivity index (χ0) is 12.8. The summed E-state index contributed by atoms with van der Waals surface area (Å²) in [5, 5.41) is 0. The Balaban J connectivity index is 0. The maximum Gasteiger partial charge on any atom is 0.167 e. The Kier molecular flexibility index (Phi) is 16.3. The standard InChI is InChI=1S/C11H19O2P.C2H6/c1-5-8-11(6-2)9-10-13-14(4)12-7-3;1-2/h5-6,8H,1-2,7,9-10H2,3-4H3;1-2H3/b11-8+;. The first kappa shape index (κ1) is 17.9. The van der Waals surface area contributed by atoms with E-state index in [0.717, 1.165) is 12.0 Å². The molecular formula is C13H25O2P. The van der Waals surface area contributed by atoms with Crippen LogP contribution in [0.3, 0.4) is 0 Å². The van der Waals surface area contributed by atoms with Gasteiger partial charge in [0.05, 0.1) is 13.2 Å². The molecule has 0 amide bonds. The summed E-state index contributed by atoms with van der Waals surface area (Å²) in [5.41, 5.74) is 1.14. The molecule has 3 heteroatoms. The van der Waals surface area contributed by atoms with E-state index in [4.69, 9.17) is 9.05 Å². The number of hydrogen-bond donors (Lipinski definition) is 0. The molecule has 0 aromatic rings. The number of allylic oxidation sites excluding steroid dienone is 3. The minimum Gasteiger partial charge on any atom is -0.335 e. The lowest BCUT2D eigenvalue weighted by Gasteiger charge is -2.11. The maximum absolute atomic E-state index is 5.48. The monoisotopic (exact) mass is 244 g/mol. The van der Waals surface area contributed by atoms with Crippen LogP contribution in [0.4, 0.5) is 0 Å². The Hall–Kier alpha value is -0.430. The summed E-state index contributed by atoms with van der Waals surface area (Å²) in [6, 6.07) is 0. The van der Waals surface area contributed by atoms with Crippen LogP contribution in [0.25, 0.3) is 0 Å². The summed E-state index contributed by atoms with van der Waals surface area (Å²) in [5.74, 6) is 0. The predicted molar refractivity (Wildman–Crippen MR) is 74.9 cm³/mol. The molecule has 0 aliphatic rings. The molecule has 1 unspecified atom stereocenters. The quantitative estimate of drug-likeness (QED) is 0.455. The van der Waals surface area contributed by atoms with Gasteiger partial charge in [-0.25, -0.2) is 0 Å². The summed E-state index contributed by atoms with van der Waals surface area (Å²) < 4.78 is 10.8. The van der Waals surface area contributed by atoms with E-state index in [1.54, 1.807) is 6.08 Å². The van der Waals surface area contributed by atoms with Crippen LogP contribution in [0.2, 0.25) is 0 Å². The third kappa shape index (κ3) is 11.6. The van der Waals surface area contributed by atoms with Crippen molar-refractivity contribution in [1.82, 2.24) is 0 Å². The molecule has 0 radical (unpaired) electrons. The SMILES string of the molecule is C=C/C=C(\C=C)CCOP(C)OCC.CC. The highest BCUT2D eigenvalue weighted by Gasteiger charge is 2.00. The van der Waals surface area contributed by atoms with Crippen molar-refractivity contribution in [3.05, 3.63) is 37.0 Å². The molecule has 0 fully saturated rings. The van der Waals surface area contributed by atoms with Gasteiger partial charge in [-0.05, 0) is 18.9 Å². The van der Waals surface area contributed by atoms with E-state index < -0.39 is 8.38 Å². The molecule has 0 N–H and O–H groups in total. The zero-order valence-electron chi connectivity index (χ0n) is 11.0. The zero-order valence-corrected chi connectivity index (χ0v) is 11.9. The summed E-state index contributed by atoms with van der Waals surface area (Å²) in [7, 11) is -0.713. The third-order valence-electron chi connectivity index (χ3n) is 1.57. The first-order chi connectivity index (χ1) is 7.74. The first-order valence-corrected chi connectivity index (χ1v) is 7.30. The van der Waals surface area contributed by atoms with E-state index >= 15 is 0 Å². The lowest BCUT2D eigenvalue weighted by atomic mass is 10.2. The molecule has 1 atom stereocenters. The van der Waals surface area contributed by atoms with Crippen LogP contribution >= 0.6 is 8.38 Å². The van der Waals surface area contributed by atoms with Crippen LogP contribution < -0.4 is 0 Å². The molecule has 0 spiro atoms. The fourth-order valence-corrected chi connectivity index (χ4v) is 1.70. The van der Waals surface area contributed by atoms with Crippen molar-refractivity contribution in [2.45, 2.75) is 27.2 Å². The van der Waals surface area contributed by atoms with Crippen molar-refractivity contribution < 1.29 is 9.05 Å². The molecule has 0 aliphatic carbocycles.